The van der Waals surface area contributed by atoms with Gasteiger partial charge < -0.3 is 4.57 Å². The van der Waals surface area contributed by atoms with Gasteiger partial charge in [-0.05, 0) is 78.3 Å². The maximum Gasteiger partial charge on any atom is 0.250 e. The molecule has 0 bridgehead atoms. The minimum atomic E-state index is -0.00865. The van der Waals surface area contributed by atoms with Crippen molar-refractivity contribution >= 4 is 21.8 Å². The molecule has 6 heteroatoms. The fraction of sp³-hybridized carbons (Fsp3) is 0.0769. The van der Waals surface area contributed by atoms with Gasteiger partial charge in [-0.2, -0.15) is 0 Å². The van der Waals surface area contributed by atoms with Crippen LogP contribution in [0.1, 0.15) is 11.2 Å². The van der Waals surface area contributed by atoms with E-state index in [0.29, 0.717) is 0 Å². The molecule has 2 heterocycles. The molecular weight excluding hydrogens is 400 g/mol. The molecule has 2 aromatic heterocycles. The molecule has 0 aliphatic carbocycles. The highest BCUT2D eigenvalue weighted by Crippen LogP contribution is 2.21. The minimum absolute atomic E-state index is 0. The van der Waals surface area contributed by atoms with Crippen molar-refractivity contribution in [1.29, 1.82) is 0 Å². The Hall–Kier alpha value is -5.40. The highest BCUT2D eigenvalue weighted by atomic mass is 16.3. The minimum Gasteiger partial charge on any atom is -0.309 e. The number of benzene rings is 1. The smallest absolute Gasteiger partial charge is 0.250 e. The van der Waals surface area contributed by atoms with Gasteiger partial charge in [-0.3, -0.25) is 15.6 Å². The molecule has 6 nitrogen and oxygen atoms in total. The van der Waals surface area contributed by atoms with Crippen molar-refractivity contribution in [3.05, 3.63) is 57.9 Å². The molecule has 0 atom stereocenters. The van der Waals surface area contributed by atoms with Gasteiger partial charge in [0.2, 0.25) is 0 Å². The van der Waals surface area contributed by atoms with Gasteiger partial charge in [0.25, 0.3) is 5.56 Å². The first kappa shape index (κ1) is 24.6. The van der Waals surface area contributed by atoms with Crippen LogP contribution in [-0.4, -0.2) is 9.55 Å². The summed E-state index contributed by atoms with van der Waals surface area (Å²) in [7, 11) is 1.78. The van der Waals surface area contributed by atoms with Gasteiger partial charge >= 0.3 is 0 Å². The molecule has 0 fully saturated rings. The number of nitroso groups, excluding NO2 is 1. The summed E-state index contributed by atoms with van der Waals surface area (Å²) in [6.07, 6.45) is 6.61. The molecule has 0 aliphatic heterocycles. The Kier molecular flexibility index (Phi) is 11.2. The summed E-state index contributed by atoms with van der Waals surface area (Å²) in [5, 5.41) is 3.84. The number of hydrogen-bond acceptors (Lipinski definition) is 4. The number of rotatable bonds is 0. The maximum absolute atomic E-state index is 11.6. The number of fused-ring (bicyclic) bond motifs is 3. The van der Waals surface area contributed by atoms with Crippen LogP contribution in [0.4, 0.5) is 0 Å². The molecule has 0 saturated carbocycles. The molecule has 32 heavy (non-hydrogen) atoms. The average Bonchev–Trinajstić information content (AvgIpc) is 2.81. The lowest BCUT2D eigenvalue weighted by Gasteiger charge is -2.06. The van der Waals surface area contributed by atoms with Gasteiger partial charge in [0.05, 0.1) is 11.0 Å². The van der Waals surface area contributed by atoms with Gasteiger partial charge in [0.1, 0.15) is 0 Å². The monoisotopic (exact) mass is 422 g/mol. The first-order valence-electron chi connectivity index (χ1n) is 8.84. The number of hydrogen-bond donors (Lipinski definition) is 1. The van der Waals surface area contributed by atoms with E-state index in [-0.39, 0.29) is 9.84 Å². The highest BCUT2D eigenvalue weighted by molar-refractivity contribution is 6.02. The molecule has 0 saturated heterocycles. The molecular formula is C26H22N4O2. The maximum atomic E-state index is 11.6. The fourth-order valence-corrected chi connectivity index (χ4v) is 2.33. The summed E-state index contributed by atoms with van der Waals surface area (Å²) in [4.78, 5) is 24.3. The van der Waals surface area contributed by atoms with E-state index < -0.39 is 0 Å². The predicted molar refractivity (Wildman–Crippen MR) is 134 cm³/mol. The van der Waals surface area contributed by atoms with Gasteiger partial charge in [0.15, 0.2) is 0 Å². The van der Waals surface area contributed by atoms with Crippen LogP contribution in [0.2, 0.25) is 0 Å². The third-order valence-electron chi connectivity index (χ3n) is 3.55. The van der Waals surface area contributed by atoms with Gasteiger partial charge in [-0.15, -0.1) is 11.3 Å². The summed E-state index contributed by atoms with van der Waals surface area (Å²) in [5.41, 5.74) is 1.76. The highest BCUT2D eigenvalue weighted by Gasteiger charge is 2.04. The first-order chi connectivity index (χ1) is 15.6. The van der Waals surface area contributed by atoms with E-state index in [1.807, 2.05) is 30.3 Å². The molecule has 0 amide bonds. The molecule has 3 aromatic rings. The largest absolute Gasteiger partial charge is 0.309 e. The third-order valence-corrected chi connectivity index (χ3v) is 3.55. The first-order valence-corrected chi connectivity index (χ1v) is 8.84. The molecule has 2 N–H and O–H groups in total. The van der Waals surface area contributed by atoms with E-state index in [1.54, 1.807) is 36.1 Å². The second-order valence-corrected chi connectivity index (χ2v) is 5.43. The Morgan fingerprint density at radius 1 is 0.938 bits per heavy atom. The topological polar surface area (TPSA) is 90.3 Å². The Balaban J connectivity index is -0.000000498. The number of nitrogens with two attached hydrogens (primary N) is 1. The van der Waals surface area contributed by atoms with Crippen LogP contribution in [0, 0.1) is 76.5 Å². The Morgan fingerprint density at radius 3 is 2.06 bits per heavy atom. The van der Waals surface area contributed by atoms with Gasteiger partial charge in [0, 0.05) is 39.6 Å². The van der Waals surface area contributed by atoms with Crippen LogP contribution < -0.4 is 11.4 Å². The van der Waals surface area contributed by atoms with Crippen molar-refractivity contribution in [2.75, 3.05) is 0 Å². The van der Waals surface area contributed by atoms with Crippen LogP contribution in [0.3, 0.4) is 0 Å². The summed E-state index contributed by atoms with van der Waals surface area (Å²) < 4.78 is 1.64. The van der Waals surface area contributed by atoms with Crippen LogP contribution in [0.5, 0.6) is 0 Å². The molecule has 0 unspecified atom stereocenters. The summed E-state index contributed by atoms with van der Waals surface area (Å²) in [5.74, 6) is 30.9. The van der Waals surface area contributed by atoms with Crippen LogP contribution in [0.25, 0.3) is 21.8 Å². The van der Waals surface area contributed by atoms with E-state index in [2.05, 4.69) is 76.0 Å². The zero-order valence-corrected chi connectivity index (χ0v) is 17.4. The Morgan fingerprint density at radius 2 is 1.47 bits per heavy atom. The Bertz CT molecular complexity index is 1550. The van der Waals surface area contributed by atoms with Crippen LogP contribution in [-0.2, 0) is 7.05 Å². The Labute approximate surface area is 190 Å². The average molecular weight is 422 g/mol. The van der Waals surface area contributed by atoms with E-state index in [4.69, 9.17) is 11.3 Å². The SMILES string of the molecule is C#CC#CC#CC#CC#CC#CC.Cn1c(=O)ccc2ccc3cccnc3c21.NN=O.[HH].[HH].[HH]. The molecule has 3 rings (SSSR count). The number of pyridine rings is 2. The number of nitrogens with zero attached hydrogens (tertiary/aromatic N) is 3. The van der Waals surface area contributed by atoms with Crippen molar-refractivity contribution in [2.45, 2.75) is 6.92 Å². The van der Waals surface area contributed by atoms with Crippen LogP contribution in [0.15, 0.2) is 52.7 Å². The second-order valence-electron chi connectivity index (χ2n) is 5.43. The molecule has 0 radical (unpaired) electrons. The quantitative estimate of drug-likeness (QED) is 0.198. The van der Waals surface area contributed by atoms with Gasteiger partial charge in [-0.25, -0.2) is 0 Å². The predicted octanol–water partition coefficient (Wildman–Crippen LogP) is 3.11. The standard InChI is InChI=1S/C13H10N2O.C13H4.H2N2O.3H2/c1-15-11(16)7-6-10-5-4-9-3-2-8-14-12(9)13(10)15;1-3-5-7-9-11-13-12-10-8-6-4-2;1-2-3;;;/h2-8H,1H3;1H,2H3;(H2,1,3);3*1H. The second kappa shape index (κ2) is 14.6. The number of terminal acetylenes is 1. The number of aromatic nitrogens is 2. The van der Waals surface area contributed by atoms with E-state index in [0.717, 1.165) is 21.8 Å². The van der Waals surface area contributed by atoms with Gasteiger partial charge in [-0.1, -0.05) is 24.1 Å². The molecule has 1 aromatic carbocycles. The molecule has 158 valence electrons. The lowest BCUT2D eigenvalue weighted by Crippen LogP contribution is -2.15. The zero-order valence-electron chi connectivity index (χ0n) is 17.4. The van der Waals surface area contributed by atoms with Crippen molar-refractivity contribution in [3.63, 3.8) is 0 Å². The van der Waals surface area contributed by atoms with E-state index in [1.165, 1.54) is 0 Å². The number of aryl methyl sites for hydroxylation is 1. The van der Waals surface area contributed by atoms with E-state index in [9.17, 15) is 4.79 Å². The van der Waals surface area contributed by atoms with Crippen molar-refractivity contribution in [3.8, 4) is 71.5 Å². The fourth-order valence-electron chi connectivity index (χ4n) is 2.33. The summed E-state index contributed by atoms with van der Waals surface area (Å²) in [6.45, 7) is 1.71. The zero-order chi connectivity index (χ0) is 23.6. The van der Waals surface area contributed by atoms with Crippen LogP contribution >= 0.6 is 0 Å². The summed E-state index contributed by atoms with van der Waals surface area (Å²) >= 11 is 0. The van der Waals surface area contributed by atoms with Crippen molar-refractivity contribution in [1.82, 2.24) is 9.55 Å². The molecule has 0 spiro atoms. The third kappa shape index (κ3) is 7.92. The normalized spacial score (nSPS) is 7.41. The summed E-state index contributed by atoms with van der Waals surface area (Å²) in [6, 6.07) is 11.4. The van der Waals surface area contributed by atoms with Crippen molar-refractivity contribution in [2.24, 2.45) is 18.2 Å². The molecule has 0 aliphatic rings. The van der Waals surface area contributed by atoms with Crippen molar-refractivity contribution < 1.29 is 4.28 Å². The lowest BCUT2D eigenvalue weighted by atomic mass is 10.1. The lowest BCUT2D eigenvalue weighted by molar-refractivity contribution is 0.908. The van der Waals surface area contributed by atoms with E-state index >= 15 is 0 Å².